The van der Waals surface area contributed by atoms with Crippen molar-refractivity contribution in [3.8, 4) is 0 Å². The quantitative estimate of drug-likeness (QED) is 0.628. The number of rotatable bonds is 4. The second kappa shape index (κ2) is 6.67. The predicted octanol–water partition coefficient (Wildman–Crippen LogP) is 5.46. The third kappa shape index (κ3) is 3.51. The molecule has 136 valence electrons. The van der Waals surface area contributed by atoms with E-state index in [4.69, 9.17) is 11.6 Å². The van der Waals surface area contributed by atoms with Crippen LogP contribution < -0.4 is 5.32 Å². The molecule has 3 aromatic rings. The number of carboxylic acid groups (broad SMARTS) is 1. The van der Waals surface area contributed by atoms with E-state index in [1.54, 1.807) is 30.3 Å². The minimum absolute atomic E-state index is 0.0550. The first-order valence-electron chi connectivity index (χ1n) is 8.50. The summed E-state index contributed by atoms with van der Waals surface area (Å²) < 4.78 is 13.3. The number of halogens is 2. The number of hydrogen-bond donors (Lipinski definition) is 2. The van der Waals surface area contributed by atoms with Gasteiger partial charge in [0.2, 0.25) is 0 Å². The molecule has 0 aromatic heterocycles. The molecule has 27 heavy (non-hydrogen) atoms. The molecule has 0 aliphatic heterocycles. The van der Waals surface area contributed by atoms with Crippen LogP contribution >= 0.6 is 11.6 Å². The lowest BCUT2D eigenvalue weighted by molar-refractivity contribution is 0.0698. The highest BCUT2D eigenvalue weighted by atomic mass is 35.5. The highest BCUT2D eigenvalue weighted by Gasteiger charge is 2.28. The van der Waals surface area contributed by atoms with Crippen LogP contribution in [0.2, 0.25) is 5.02 Å². The fourth-order valence-corrected chi connectivity index (χ4v) is 3.45. The van der Waals surface area contributed by atoms with Crippen LogP contribution in [-0.2, 0) is 0 Å². The summed E-state index contributed by atoms with van der Waals surface area (Å²) in [5.41, 5.74) is 1.37. The molecule has 0 unspecified atom stereocenters. The molecule has 1 amide bonds. The van der Waals surface area contributed by atoms with Crippen LogP contribution in [0.3, 0.4) is 0 Å². The van der Waals surface area contributed by atoms with Crippen LogP contribution in [0.4, 0.5) is 10.1 Å². The third-order valence-corrected chi connectivity index (χ3v) is 5.02. The molecule has 0 heterocycles. The second-order valence-corrected chi connectivity index (χ2v) is 7.07. The molecule has 0 saturated heterocycles. The summed E-state index contributed by atoms with van der Waals surface area (Å²) in [7, 11) is 0. The van der Waals surface area contributed by atoms with Gasteiger partial charge in [-0.1, -0.05) is 23.7 Å². The Labute approximate surface area is 159 Å². The van der Waals surface area contributed by atoms with Crippen LogP contribution in [-0.4, -0.2) is 17.0 Å². The van der Waals surface area contributed by atoms with Gasteiger partial charge in [-0.3, -0.25) is 4.79 Å². The summed E-state index contributed by atoms with van der Waals surface area (Å²) in [5, 5.41) is 13.9. The molecule has 1 aliphatic rings. The van der Waals surface area contributed by atoms with Crippen molar-refractivity contribution in [2.24, 2.45) is 0 Å². The first-order valence-corrected chi connectivity index (χ1v) is 8.87. The van der Waals surface area contributed by atoms with Crippen molar-refractivity contribution in [3.63, 3.8) is 0 Å². The van der Waals surface area contributed by atoms with Crippen LogP contribution in [0, 0.1) is 5.82 Å². The Balaban J connectivity index is 1.68. The minimum Gasteiger partial charge on any atom is -0.478 e. The number of carbonyl (C=O) groups excluding carboxylic acids is 1. The van der Waals surface area contributed by atoms with Crippen molar-refractivity contribution in [3.05, 3.63) is 76.1 Å². The van der Waals surface area contributed by atoms with Crippen LogP contribution in [0.1, 0.15) is 45.0 Å². The Bertz CT molecular complexity index is 1090. The molecule has 3 aromatic carbocycles. The number of hydrogen-bond acceptors (Lipinski definition) is 2. The molecule has 1 aliphatic carbocycles. The van der Waals surface area contributed by atoms with Crippen LogP contribution in [0.25, 0.3) is 10.8 Å². The Morgan fingerprint density at radius 3 is 2.44 bits per heavy atom. The van der Waals surface area contributed by atoms with Gasteiger partial charge >= 0.3 is 5.97 Å². The smallest absolute Gasteiger partial charge is 0.337 e. The fourth-order valence-electron chi connectivity index (χ4n) is 3.13. The summed E-state index contributed by atoms with van der Waals surface area (Å²) in [6.07, 6.45) is 2.00. The second-order valence-electron chi connectivity index (χ2n) is 6.66. The van der Waals surface area contributed by atoms with Gasteiger partial charge in [0.15, 0.2) is 0 Å². The Hall–Kier alpha value is -2.92. The molecule has 0 atom stereocenters. The summed E-state index contributed by atoms with van der Waals surface area (Å²) >= 11 is 6.21. The molecule has 1 fully saturated rings. The maximum atomic E-state index is 13.3. The van der Waals surface area contributed by atoms with Crippen molar-refractivity contribution >= 4 is 39.9 Å². The largest absolute Gasteiger partial charge is 0.478 e. The highest BCUT2D eigenvalue weighted by molar-refractivity contribution is 6.32. The average molecular weight is 384 g/mol. The Kier molecular flexibility index (Phi) is 4.32. The molecular weight excluding hydrogens is 369 g/mol. The van der Waals surface area contributed by atoms with E-state index in [0.29, 0.717) is 21.9 Å². The molecule has 0 spiro atoms. The van der Waals surface area contributed by atoms with Gasteiger partial charge in [0.1, 0.15) is 5.82 Å². The lowest BCUT2D eigenvalue weighted by atomic mass is 10.0. The van der Waals surface area contributed by atoms with Crippen LogP contribution in [0.5, 0.6) is 0 Å². The first kappa shape index (κ1) is 17.5. The zero-order chi connectivity index (χ0) is 19.1. The van der Waals surface area contributed by atoms with E-state index in [9.17, 15) is 19.1 Å². The Morgan fingerprint density at radius 1 is 1.04 bits per heavy atom. The number of benzene rings is 3. The minimum atomic E-state index is -1.16. The molecular formula is C21H15ClFNO3. The third-order valence-electron chi connectivity index (χ3n) is 4.70. The van der Waals surface area contributed by atoms with E-state index in [1.807, 2.05) is 0 Å². The maximum absolute atomic E-state index is 13.3. The summed E-state index contributed by atoms with van der Waals surface area (Å²) in [6.45, 7) is 0. The molecule has 2 N–H and O–H groups in total. The van der Waals surface area contributed by atoms with Gasteiger partial charge in [0, 0.05) is 10.6 Å². The normalized spacial score (nSPS) is 13.6. The van der Waals surface area contributed by atoms with Crippen molar-refractivity contribution < 1.29 is 19.1 Å². The van der Waals surface area contributed by atoms with Gasteiger partial charge in [-0.05, 0) is 71.5 Å². The average Bonchev–Trinajstić information content (AvgIpc) is 3.47. The van der Waals surface area contributed by atoms with Crippen molar-refractivity contribution in [1.29, 1.82) is 0 Å². The number of nitrogens with one attached hydrogen (secondary N) is 1. The molecule has 0 radical (unpaired) electrons. The van der Waals surface area contributed by atoms with Gasteiger partial charge in [0.05, 0.1) is 11.3 Å². The van der Waals surface area contributed by atoms with E-state index < -0.39 is 11.9 Å². The molecule has 1 saturated carbocycles. The zero-order valence-electron chi connectivity index (χ0n) is 14.1. The monoisotopic (exact) mass is 383 g/mol. The maximum Gasteiger partial charge on any atom is 0.337 e. The van der Waals surface area contributed by atoms with Gasteiger partial charge in [-0.25, -0.2) is 9.18 Å². The Morgan fingerprint density at radius 2 is 1.74 bits per heavy atom. The standard InChI is InChI=1S/C21H15ClFNO3/c22-18-9-17(21(26)27)19(10-16(18)11-1-2-11)24-20(25)14-4-3-13-8-15(23)6-5-12(13)7-14/h3-11H,1-2H2,(H,24,25)(H,26,27). The van der Waals surface area contributed by atoms with E-state index >= 15 is 0 Å². The van der Waals surface area contributed by atoms with E-state index in [2.05, 4.69) is 5.32 Å². The van der Waals surface area contributed by atoms with E-state index in [1.165, 1.54) is 18.2 Å². The number of anilines is 1. The number of carboxylic acids is 1. The van der Waals surface area contributed by atoms with Crippen molar-refractivity contribution in [2.45, 2.75) is 18.8 Å². The van der Waals surface area contributed by atoms with Gasteiger partial charge in [-0.15, -0.1) is 0 Å². The summed E-state index contributed by atoms with van der Waals surface area (Å²) in [5.74, 6) is -1.64. The molecule has 4 nitrogen and oxygen atoms in total. The molecule has 0 bridgehead atoms. The van der Waals surface area contributed by atoms with Crippen molar-refractivity contribution in [2.75, 3.05) is 5.32 Å². The van der Waals surface area contributed by atoms with E-state index in [-0.39, 0.29) is 17.1 Å². The zero-order valence-corrected chi connectivity index (χ0v) is 14.9. The number of fused-ring (bicyclic) bond motifs is 1. The topological polar surface area (TPSA) is 66.4 Å². The van der Waals surface area contributed by atoms with E-state index in [0.717, 1.165) is 23.8 Å². The highest BCUT2D eigenvalue weighted by Crippen LogP contribution is 2.44. The van der Waals surface area contributed by atoms with Gasteiger partial charge < -0.3 is 10.4 Å². The van der Waals surface area contributed by atoms with Crippen molar-refractivity contribution in [1.82, 2.24) is 0 Å². The number of aromatic carboxylic acids is 1. The molecule has 6 heteroatoms. The number of amides is 1. The number of carbonyl (C=O) groups is 2. The van der Waals surface area contributed by atoms with Gasteiger partial charge in [-0.2, -0.15) is 0 Å². The lowest BCUT2D eigenvalue weighted by Crippen LogP contribution is -2.15. The molecule has 4 rings (SSSR count). The van der Waals surface area contributed by atoms with Crippen LogP contribution in [0.15, 0.2) is 48.5 Å². The summed E-state index contributed by atoms with van der Waals surface area (Å²) in [6, 6.07) is 12.2. The summed E-state index contributed by atoms with van der Waals surface area (Å²) in [4.78, 5) is 24.2. The first-order chi connectivity index (χ1) is 12.9. The fraction of sp³-hybridized carbons (Fsp3) is 0.143. The lowest BCUT2D eigenvalue weighted by Gasteiger charge is -2.13. The van der Waals surface area contributed by atoms with Gasteiger partial charge in [0.25, 0.3) is 5.91 Å². The SMILES string of the molecule is O=C(Nc1cc(C2CC2)c(Cl)cc1C(=O)O)c1ccc2cc(F)ccc2c1. The predicted molar refractivity (Wildman–Crippen MR) is 102 cm³/mol.